The first-order valence-electron chi connectivity index (χ1n) is 5.39. The van der Waals surface area contributed by atoms with Gasteiger partial charge in [0, 0.05) is 11.8 Å². The summed E-state index contributed by atoms with van der Waals surface area (Å²) in [6, 6.07) is 11.4. The predicted octanol–water partition coefficient (Wildman–Crippen LogP) is 4.44. The van der Waals surface area contributed by atoms with E-state index >= 15 is 0 Å². The van der Waals surface area contributed by atoms with E-state index < -0.39 is 5.97 Å². The van der Waals surface area contributed by atoms with Crippen LogP contribution in [0.15, 0.2) is 47.5 Å². The molecule has 0 aliphatic heterocycles. The molecule has 0 unspecified atom stereocenters. The average Bonchev–Trinajstić information content (AvgIpc) is 2.38. The number of nitrogens with zero attached hydrogens (tertiary/aromatic N) is 1. The molecule has 0 spiro atoms. The van der Waals surface area contributed by atoms with E-state index in [0.717, 1.165) is 0 Å². The number of carbonyl (C=O) groups is 1. The highest BCUT2D eigenvalue weighted by Crippen LogP contribution is 2.23. The Morgan fingerprint density at radius 1 is 1.05 bits per heavy atom. The molecule has 0 aliphatic carbocycles. The van der Waals surface area contributed by atoms with Gasteiger partial charge < -0.3 is 5.11 Å². The molecule has 19 heavy (non-hydrogen) atoms. The van der Waals surface area contributed by atoms with Crippen LogP contribution in [-0.4, -0.2) is 17.3 Å². The zero-order chi connectivity index (χ0) is 13.8. The highest BCUT2D eigenvalue weighted by atomic mass is 35.5. The van der Waals surface area contributed by atoms with Crippen molar-refractivity contribution in [2.75, 3.05) is 0 Å². The van der Waals surface area contributed by atoms with E-state index in [1.165, 1.54) is 12.1 Å². The summed E-state index contributed by atoms with van der Waals surface area (Å²) in [5.74, 6) is -0.968. The van der Waals surface area contributed by atoms with Crippen molar-refractivity contribution in [2.45, 2.75) is 0 Å². The van der Waals surface area contributed by atoms with Crippen molar-refractivity contribution in [3.63, 3.8) is 0 Å². The van der Waals surface area contributed by atoms with Crippen LogP contribution in [0.5, 0.6) is 0 Å². The van der Waals surface area contributed by atoms with E-state index in [-0.39, 0.29) is 5.56 Å². The summed E-state index contributed by atoms with van der Waals surface area (Å²) in [4.78, 5) is 14.9. The lowest BCUT2D eigenvalue weighted by molar-refractivity contribution is 0.0697. The SMILES string of the molecule is O=C(O)c1ccc(N=Cc2c(Cl)cccc2Cl)cc1. The highest BCUT2D eigenvalue weighted by molar-refractivity contribution is 6.38. The van der Waals surface area contributed by atoms with Gasteiger partial charge in [-0.2, -0.15) is 0 Å². The first-order chi connectivity index (χ1) is 9.08. The number of carboxylic acids is 1. The van der Waals surface area contributed by atoms with Crippen LogP contribution in [0, 0.1) is 0 Å². The second-order valence-electron chi connectivity index (χ2n) is 3.75. The molecule has 96 valence electrons. The molecule has 2 rings (SSSR count). The molecule has 5 heteroatoms. The Morgan fingerprint density at radius 2 is 1.63 bits per heavy atom. The molecule has 2 aromatic rings. The van der Waals surface area contributed by atoms with Crippen LogP contribution < -0.4 is 0 Å². The van der Waals surface area contributed by atoms with Crippen molar-refractivity contribution in [3.05, 3.63) is 63.6 Å². The summed E-state index contributed by atoms with van der Waals surface area (Å²) < 4.78 is 0. The first kappa shape index (κ1) is 13.6. The van der Waals surface area contributed by atoms with Gasteiger partial charge >= 0.3 is 5.97 Å². The summed E-state index contributed by atoms with van der Waals surface area (Å²) >= 11 is 12.0. The van der Waals surface area contributed by atoms with Crippen LogP contribution in [0.3, 0.4) is 0 Å². The minimum absolute atomic E-state index is 0.217. The molecule has 0 bridgehead atoms. The third-order valence-electron chi connectivity index (χ3n) is 2.46. The number of benzene rings is 2. The van der Waals surface area contributed by atoms with Gasteiger partial charge in [0.25, 0.3) is 0 Å². The monoisotopic (exact) mass is 293 g/mol. The van der Waals surface area contributed by atoms with Gasteiger partial charge in [-0.3, -0.25) is 4.99 Å². The largest absolute Gasteiger partial charge is 0.478 e. The maximum Gasteiger partial charge on any atom is 0.335 e. The van der Waals surface area contributed by atoms with Crippen LogP contribution in [0.4, 0.5) is 5.69 Å². The van der Waals surface area contributed by atoms with E-state index in [1.54, 1.807) is 36.5 Å². The molecule has 0 amide bonds. The minimum Gasteiger partial charge on any atom is -0.478 e. The maximum atomic E-state index is 10.7. The second kappa shape index (κ2) is 5.87. The molecule has 0 aromatic heterocycles. The molecular formula is C14H9Cl2NO2. The van der Waals surface area contributed by atoms with E-state index in [2.05, 4.69) is 4.99 Å². The number of hydrogen-bond acceptors (Lipinski definition) is 2. The molecule has 1 N–H and O–H groups in total. The van der Waals surface area contributed by atoms with Crippen LogP contribution in [0.25, 0.3) is 0 Å². The standard InChI is InChI=1S/C14H9Cl2NO2/c15-12-2-1-3-13(16)11(12)8-17-10-6-4-9(5-7-10)14(18)19/h1-8H,(H,18,19). The Morgan fingerprint density at radius 3 is 2.16 bits per heavy atom. The Hall–Kier alpha value is -1.84. The smallest absolute Gasteiger partial charge is 0.335 e. The number of aromatic carboxylic acids is 1. The van der Waals surface area contributed by atoms with Crippen LogP contribution in [-0.2, 0) is 0 Å². The summed E-state index contributed by atoms with van der Waals surface area (Å²) in [6.45, 7) is 0. The van der Waals surface area contributed by atoms with Crippen LogP contribution in [0.1, 0.15) is 15.9 Å². The van der Waals surface area contributed by atoms with E-state index in [1.807, 2.05) is 0 Å². The molecule has 0 heterocycles. The van der Waals surface area contributed by atoms with Gasteiger partial charge in [-0.25, -0.2) is 4.79 Å². The van der Waals surface area contributed by atoms with Crippen molar-refractivity contribution in [1.29, 1.82) is 0 Å². The molecule has 0 saturated heterocycles. The van der Waals surface area contributed by atoms with Crippen LogP contribution in [0.2, 0.25) is 10.0 Å². The lowest BCUT2D eigenvalue weighted by Gasteiger charge is -2.00. The van der Waals surface area contributed by atoms with Crippen LogP contribution >= 0.6 is 23.2 Å². The van der Waals surface area contributed by atoms with Crippen molar-refractivity contribution in [1.82, 2.24) is 0 Å². The predicted molar refractivity (Wildman–Crippen MR) is 77.1 cm³/mol. The molecule has 0 aliphatic rings. The zero-order valence-corrected chi connectivity index (χ0v) is 11.2. The third-order valence-corrected chi connectivity index (χ3v) is 3.12. The van der Waals surface area contributed by atoms with Crippen molar-refractivity contribution in [2.24, 2.45) is 4.99 Å². The highest BCUT2D eigenvalue weighted by Gasteiger charge is 2.03. The second-order valence-corrected chi connectivity index (χ2v) is 4.56. The minimum atomic E-state index is -0.968. The van der Waals surface area contributed by atoms with Gasteiger partial charge in [0.1, 0.15) is 0 Å². The van der Waals surface area contributed by atoms with Crippen molar-refractivity contribution >= 4 is 41.1 Å². The zero-order valence-electron chi connectivity index (χ0n) is 9.68. The fourth-order valence-corrected chi connectivity index (χ4v) is 1.96. The molecule has 0 radical (unpaired) electrons. The van der Waals surface area contributed by atoms with Gasteiger partial charge in [-0.15, -0.1) is 0 Å². The fourth-order valence-electron chi connectivity index (χ4n) is 1.46. The Kier molecular flexibility index (Phi) is 4.20. The first-order valence-corrected chi connectivity index (χ1v) is 6.15. The maximum absolute atomic E-state index is 10.7. The van der Waals surface area contributed by atoms with Gasteiger partial charge in [-0.05, 0) is 36.4 Å². The number of aliphatic imine (C=N–C) groups is 1. The molecule has 3 nitrogen and oxygen atoms in total. The van der Waals surface area contributed by atoms with E-state index in [9.17, 15) is 4.79 Å². The lowest BCUT2D eigenvalue weighted by atomic mass is 10.2. The number of hydrogen-bond donors (Lipinski definition) is 1. The van der Waals surface area contributed by atoms with Crippen molar-refractivity contribution < 1.29 is 9.90 Å². The topological polar surface area (TPSA) is 49.7 Å². The number of halogens is 2. The van der Waals surface area contributed by atoms with Crippen molar-refractivity contribution in [3.8, 4) is 0 Å². The number of carboxylic acid groups (broad SMARTS) is 1. The Bertz CT molecular complexity index is 616. The van der Waals surface area contributed by atoms with Gasteiger partial charge in [0.2, 0.25) is 0 Å². The normalized spacial score (nSPS) is 10.8. The Labute approximate surface area is 120 Å². The van der Waals surface area contributed by atoms with Gasteiger partial charge in [0.05, 0.1) is 21.3 Å². The summed E-state index contributed by atoms with van der Waals surface area (Å²) in [7, 11) is 0. The van der Waals surface area contributed by atoms with E-state index in [0.29, 0.717) is 21.3 Å². The quantitative estimate of drug-likeness (QED) is 0.851. The van der Waals surface area contributed by atoms with Gasteiger partial charge in [0.15, 0.2) is 0 Å². The molecule has 2 aromatic carbocycles. The number of rotatable bonds is 3. The molecule has 0 saturated carbocycles. The van der Waals surface area contributed by atoms with Gasteiger partial charge in [-0.1, -0.05) is 29.3 Å². The fraction of sp³-hybridized carbons (Fsp3) is 0. The third kappa shape index (κ3) is 3.34. The molecular weight excluding hydrogens is 285 g/mol. The summed E-state index contributed by atoms with van der Waals surface area (Å²) in [5, 5.41) is 9.81. The molecule has 0 fully saturated rings. The summed E-state index contributed by atoms with van der Waals surface area (Å²) in [6.07, 6.45) is 1.56. The lowest BCUT2D eigenvalue weighted by Crippen LogP contribution is -1.94. The Balaban J connectivity index is 2.25. The molecule has 0 atom stereocenters. The average molecular weight is 294 g/mol. The van der Waals surface area contributed by atoms with E-state index in [4.69, 9.17) is 28.3 Å². The summed E-state index contributed by atoms with van der Waals surface area (Å²) in [5.41, 5.74) is 1.48.